The molecule has 0 unspecified atom stereocenters. The Morgan fingerprint density at radius 1 is 1.37 bits per heavy atom. The average molecular weight is 267 g/mol. The van der Waals surface area contributed by atoms with E-state index in [-0.39, 0.29) is 43.1 Å². The number of nitro groups is 1. The lowest BCUT2D eigenvalue weighted by Crippen LogP contribution is -2.41. The highest BCUT2D eigenvalue weighted by molar-refractivity contribution is 5.82. The quantitative estimate of drug-likeness (QED) is 0.633. The van der Waals surface area contributed by atoms with E-state index in [1.54, 1.807) is 0 Å². The van der Waals surface area contributed by atoms with Crippen LogP contribution in [0, 0.1) is 10.1 Å². The number of carbonyl (C=O) groups is 1. The van der Waals surface area contributed by atoms with Crippen LogP contribution in [0.2, 0.25) is 0 Å². The molecule has 0 aromatic heterocycles. The lowest BCUT2D eigenvalue weighted by atomic mass is 9.74. The summed E-state index contributed by atoms with van der Waals surface area (Å²) >= 11 is 0. The number of rotatable bonds is 3. The van der Waals surface area contributed by atoms with Crippen molar-refractivity contribution in [2.75, 3.05) is 13.2 Å². The van der Waals surface area contributed by atoms with E-state index < -0.39 is 16.3 Å². The van der Waals surface area contributed by atoms with Crippen molar-refractivity contribution in [2.24, 2.45) is 0 Å². The summed E-state index contributed by atoms with van der Waals surface area (Å²) in [4.78, 5) is 21.5. The Morgan fingerprint density at radius 2 is 2.00 bits per heavy atom. The van der Waals surface area contributed by atoms with E-state index in [0.717, 1.165) is 6.07 Å². The molecule has 2 rings (SSSR count). The molecule has 19 heavy (non-hydrogen) atoms. The lowest BCUT2D eigenvalue weighted by Gasteiger charge is -2.33. The molecule has 102 valence electrons. The first-order valence-corrected chi connectivity index (χ1v) is 5.76. The van der Waals surface area contributed by atoms with Crippen molar-refractivity contribution in [1.29, 1.82) is 0 Å². The second kappa shape index (κ2) is 4.85. The normalized spacial score (nSPS) is 17.9. The van der Waals surface area contributed by atoms with E-state index >= 15 is 0 Å². The van der Waals surface area contributed by atoms with E-state index in [2.05, 4.69) is 0 Å². The Hall–Kier alpha value is -2.15. The number of carboxylic acid groups (broad SMARTS) is 1. The average Bonchev–Trinajstić information content (AvgIpc) is 2.39. The fraction of sp³-hybridized carbons (Fsp3) is 0.417. The molecule has 0 radical (unpaired) electrons. The fourth-order valence-electron chi connectivity index (χ4n) is 2.36. The van der Waals surface area contributed by atoms with Crippen molar-refractivity contribution in [2.45, 2.75) is 18.3 Å². The topological polar surface area (TPSA) is 110 Å². The number of ether oxygens (including phenoxy) is 1. The monoisotopic (exact) mass is 267 g/mol. The van der Waals surface area contributed by atoms with Gasteiger partial charge < -0.3 is 14.9 Å². The minimum Gasteiger partial charge on any atom is -0.507 e. The van der Waals surface area contributed by atoms with Crippen LogP contribution in [0.15, 0.2) is 18.2 Å². The molecular weight excluding hydrogens is 254 g/mol. The first-order chi connectivity index (χ1) is 8.97. The van der Waals surface area contributed by atoms with Crippen LogP contribution in [0.1, 0.15) is 18.4 Å². The molecule has 0 bridgehead atoms. The van der Waals surface area contributed by atoms with Crippen LogP contribution in [-0.4, -0.2) is 34.3 Å². The van der Waals surface area contributed by atoms with Gasteiger partial charge in [-0.05, 0) is 18.9 Å². The van der Waals surface area contributed by atoms with E-state index in [1.165, 1.54) is 12.1 Å². The van der Waals surface area contributed by atoms with Gasteiger partial charge in [0.05, 0.1) is 11.0 Å². The number of non-ortho nitro benzene ring substituents is 1. The first-order valence-electron chi connectivity index (χ1n) is 5.76. The molecule has 0 aliphatic carbocycles. The molecule has 1 aliphatic heterocycles. The fourth-order valence-corrected chi connectivity index (χ4v) is 2.36. The zero-order chi connectivity index (χ0) is 14.0. The van der Waals surface area contributed by atoms with E-state index in [4.69, 9.17) is 4.74 Å². The van der Waals surface area contributed by atoms with Crippen molar-refractivity contribution in [3.63, 3.8) is 0 Å². The minimum absolute atomic E-state index is 0.203. The summed E-state index contributed by atoms with van der Waals surface area (Å²) in [6, 6.07) is 3.50. The Kier molecular flexibility index (Phi) is 3.39. The third-order valence-electron chi connectivity index (χ3n) is 3.46. The Morgan fingerprint density at radius 3 is 2.47 bits per heavy atom. The number of aliphatic carboxylic acids is 1. The van der Waals surface area contributed by atoms with Crippen molar-refractivity contribution >= 4 is 11.7 Å². The molecule has 1 saturated heterocycles. The van der Waals surface area contributed by atoms with E-state index in [0.29, 0.717) is 0 Å². The molecule has 0 spiro atoms. The van der Waals surface area contributed by atoms with Gasteiger partial charge in [0.25, 0.3) is 5.69 Å². The highest BCUT2D eigenvalue weighted by atomic mass is 16.6. The van der Waals surface area contributed by atoms with E-state index in [9.17, 15) is 25.1 Å². The Labute approximate surface area is 108 Å². The molecule has 0 amide bonds. The second-order valence-corrected chi connectivity index (χ2v) is 4.46. The molecule has 0 saturated carbocycles. The number of aromatic hydroxyl groups is 1. The van der Waals surface area contributed by atoms with Gasteiger partial charge in [0, 0.05) is 24.8 Å². The number of nitrogens with zero attached hydrogens (tertiary/aromatic N) is 1. The number of hydrogen-bond donors (Lipinski definition) is 2. The molecule has 1 fully saturated rings. The molecule has 1 aliphatic rings. The molecule has 7 heteroatoms. The van der Waals surface area contributed by atoms with Crippen LogP contribution in [0.3, 0.4) is 0 Å². The number of benzene rings is 1. The van der Waals surface area contributed by atoms with Gasteiger partial charge in [0.15, 0.2) is 0 Å². The summed E-state index contributed by atoms with van der Waals surface area (Å²) in [6.45, 7) is 0.561. The van der Waals surface area contributed by atoms with Crippen LogP contribution in [-0.2, 0) is 14.9 Å². The van der Waals surface area contributed by atoms with Gasteiger partial charge in [-0.1, -0.05) is 0 Å². The van der Waals surface area contributed by atoms with Crippen LogP contribution in [0.25, 0.3) is 0 Å². The number of nitro benzene ring substituents is 1. The Bertz CT molecular complexity index is 521. The zero-order valence-electron chi connectivity index (χ0n) is 10.0. The summed E-state index contributed by atoms with van der Waals surface area (Å²) in [5.74, 6) is -1.42. The molecular formula is C12H13NO6. The number of carboxylic acids is 1. The highest BCUT2D eigenvalue weighted by Crippen LogP contribution is 2.40. The molecule has 1 aromatic rings. The van der Waals surface area contributed by atoms with Crippen molar-refractivity contribution < 1.29 is 24.7 Å². The Balaban J connectivity index is 2.48. The van der Waals surface area contributed by atoms with Crippen molar-refractivity contribution in [3.05, 3.63) is 33.9 Å². The SMILES string of the molecule is O=C(O)C1(c2ccc([N+](=O)[O-])cc2O)CCOCC1. The molecule has 1 heterocycles. The van der Waals surface area contributed by atoms with Crippen LogP contribution >= 0.6 is 0 Å². The van der Waals surface area contributed by atoms with Crippen LogP contribution in [0.5, 0.6) is 5.75 Å². The van der Waals surface area contributed by atoms with Crippen molar-refractivity contribution in [1.82, 2.24) is 0 Å². The standard InChI is InChI=1S/C12H13NO6/c14-10-7-8(13(17)18)1-2-9(10)12(11(15)16)3-5-19-6-4-12/h1-2,7,14H,3-6H2,(H,15,16). The maximum Gasteiger partial charge on any atom is 0.314 e. The summed E-state index contributed by atoms with van der Waals surface area (Å²) in [6.07, 6.45) is 0.460. The highest BCUT2D eigenvalue weighted by Gasteiger charge is 2.43. The largest absolute Gasteiger partial charge is 0.507 e. The molecule has 0 atom stereocenters. The lowest BCUT2D eigenvalue weighted by molar-refractivity contribution is -0.385. The smallest absolute Gasteiger partial charge is 0.314 e. The molecule has 7 nitrogen and oxygen atoms in total. The van der Waals surface area contributed by atoms with Crippen LogP contribution in [0.4, 0.5) is 5.69 Å². The van der Waals surface area contributed by atoms with Crippen molar-refractivity contribution in [3.8, 4) is 5.75 Å². The van der Waals surface area contributed by atoms with E-state index in [1.807, 2.05) is 0 Å². The zero-order valence-corrected chi connectivity index (χ0v) is 10.0. The second-order valence-electron chi connectivity index (χ2n) is 4.46. The predicted molar refractivity (Wildman–Crippen MR) is 64.1 cm³/mol. The summed E-state index contributed by atoms with van der Waals surface area (Å²) in [5.41, 5.74) is -1.31. The molecule has 1 aromatic carbocycles. The van der Waals surface area contributed by atoms with Gasteiger partial charge >= 0.3 is 5.97 Å². The number of phenolic OH excluding ortho intramolecular Hbond substituents is 1. The van der Waals surface area contributed by atoms with Gasteiger partial charge in [-0.2, -0.15) is 0 Å². The summed E-state index contributed by atoms with van der Waals surface area (Å²) < 4.78 is 5.15. The van der Waals surface area contributed by atoms with Gasteiger partial charge in [0.2, 0.25) is 0 Å². The summed E-state index contributed by atoms with van der Waals surface area (Å²) in [5, 5.41) is 30.0. The maximum atomic E-state index is 11.5. The third kappa shape index (κ3) is 2.24. The van der Waals surface area contributed by atoms with Crippen LogP contribution < -0.4 is 0 Å². The van der Waals surface area contributed by atoms with Gasteiger partial charge in [0.1, 0.15) is 11.2 Å². The minimum atomic E-state index is -1.24. The van der Waals surface area contributed by atoms with Gasteiger partial charge in [-0.25, -0.2) is 0 Å². The number of hydrogen-bond acceptors (Lipinski definition) is 5. The van der Waals surface area contributed by atoms with Gasteiger partial charge in [-0.15, -0.1) is 0 Å². The van der Waals surface area contributed by atoms with Gasteiger partial charge in [-0.3, -0.25) is 14.9 Å². The summed E-state index contributed by atoms with van der Waals surface area (Å²) in [7, 11) is 0. The first kappa shape index (κ1) is 13.3. The predicted octanol–water partition coefficient (Wildman–Crippen LogP) is 1.43. The number of phenols is 1. The third-order valence-corrected chi connectivity index (χ3v) is 3.46. The maximum absolute atomic E-state index is 11.5. The molecule has 2 N–H and O–H groups in total.